The van der Waals surface area contributed by atoms with Crippen LogP contribution in [0.3, 0.4) is 0 Å². The van der Waals surface area contributed by atoms with E-state index >= 15 is 0 Å². The Balaban J connectivity index is 1.97. The molecule has 1 amide bonds. The summed E-state index contributed by atoms with van der Waals surface area (Å²) >= 11 is 0. The Labute approximate surface area is 141 Å². The molecule has 0 heterocycles. The van der Waals surface area contributed by atoms with E-state index in [0.717, 1.165) is 21.9 Å². The summed E-state index contributed by atoms with van der Waals surface area (Å²) in [7, 11) is 0. The van der Waals surface area contributed by atoms with Gasteiger partial charge in [-0.2, -0.15) is 5.26 Å². The van der Waals surface area contributed by atoms with Crippen molar-refractivity contribution in [2.45, 2.75) is 19.5 Å². The molecule has 3 aromatic rings. The SMILES string of the molecule is CC(=O)N(Cc1ccccc1)C(C#N)c1ccc2ccccc2c1. The average Bonchev–Trinajstić information content (AvgIpc) is 2.62. The highest BCUT2D eigenvalue weighted by molar-refractivity contribution is 5.83. The average molecular weight is 314 g/mol. The number of carbonyl (C=O) groups excluding carboxylic acids is 1. The lowest BCUT2D eigenvalue weighted by Gasteiger charge is -2.26. The molecule has 0 bridgehead atoms. The fourth-order valence-electron chi connectivity index (χ4n) is 2.87. The molecular weight excluding hydrogens is 296 g/mol. The molecule has 0 aliphatic heterocycles. The largest absolute Gasteiger partial charge is 0.318 e. The minimum Gasteiger partial charge on any atom is -0.318 e. The van der Waals surface area contributed by atoms with Gasteiger partial charge in [-0.15, -0.1) is 0 Å². The van der Waals surface area contributed by atoms with Gasteiger partial charge in [-0.25, -0.2) is 0 Å². The lowest BCUT2D eigenvalue weighted by Crippen LogP contribution is -2.32. The van der Waals surface area contributed by atoms with Crippen molar-refractivity contribution < 1.29 is 4.79 Å². The first kappa shape index (κ1) is 15.8. The van der Waals surface area contributed by atoms with Crippen molar-refractivity contribution in [1.82, 2.24) is 4.90 Å². The van der Waals surface area contributed by atoms with Crippen molar-refractivity contribution in [3.05, 3.63) is 83.9 Å². The van der Waals surface area contributed by atoms with Crippen LogP contribution in [0.15, 0.2) is 72.8 Å². The fourth-order valence-corrected chi connectivity index (χ4v) is 2.87. The van der Waals surface area contributed by atoms with Crippen molar-refractivity contribution in [2.75, 3.05) is 0 Å². The number of nitrogens with zero attached hydrogens (tertiary/aromatic N) is 2. The summed E-state index contributed by atoms with van der Waals surface area (Å²) in [5, 5.41) is 11.9. The molecule has 1 atom stereocenters. The molecule has 0 N–H and O–H groups in total. The third kappa shape index (κ3) is 3.28. The molecule has 118 valence electrons. The third-order valence-corrected chi connectivity index (χ3v) is 4.12. The molecule has 24 heavy (non-hydrogen) atoms. The van der Waals surface area contributed by atoms with Gasteiger partial charge in [0.2, 0.25) is 5.91 Å². The van der Waals surface area contributed by atoms with Crippen molar-refractivity contribution >= 4 is 16.7 Å². The number of carbonyl (C=O) groups is 1. The molecule has 1 unspecified atom stereocenters. The number of rotatable bonds is 4. The number of amides is 1. The van der Waals surface area contributed by atoms with Crippen LogP contribution in [0.25, 0.3) is 10.8 Å². The second kappa shape index (κ2) is 6.97. The normalized spacial score (nSPS) is 11.7. The summed E-state index contributed by atoms with van der Waals surface area (Å²) in [5.74, 6) is -0.112. The smallest absolute Gasteiger partial charge is 0.221 e. The van der Waals surface area contributed by atoms with Gasteiger partial charge in [0.1, 0.15) is 6.04 Å². The van der Waals surface area contributed by atoms with Gasteiger partial charge in [-0.1, -0.05) is 66.7 Å². The lowest BCUT2D eigenvalue weighted by atomic mass is 10.0. The summed E-state index contributed by atoms with van der Waals surface area (Å²) in [6, 6.07) is 25.3. The van der Waals surface area contributed by atoms with E-state index in [-0.39, 0.29) is 5.91 Å². The molecular formula is C21H18N2O. The van der Waals surface area contributed by atoms with Gasteiger partial charge in [0.25, 0.3) is 0 Å². The highest BCUT2D eigenvalue weighted by Gasteiger charge is 2.23. The third-order valence-electron chi connectivity index (χ3n) is 4.12. The standard InChI is InChI=1S/C21H18N2O/c1-16(24)23(15-17-7-3-2-4-8-17)21(14-22)20-12-11-18-9-5-6-10-19(18)13-20/h2-13,21H,15H2,1H3. The molecule has 0 aliphatic carbocycles. The first-order valence-electron chi connectivity index (χ1n) is 7.88. The van der Waals surface area contributed by atoms with Crippen molar-refractivity contribution in [1.29, 1.82) is 5.26 Å². The Bertz CT molecular complexity index is 896. The van der Waals surface area contributed by atoms with Crippen LogP contribution in [0, 0.1) is 11.3 Å². The topological polar surface area (TPSA) is 44.1 Å². The van der Waals surface area contributed by atoms with Gasteiger partial charge in [0.05, 0.1) is 6.07 Å². The molecule has 3 aromatic carbocycles. The summed E-state index contributed by atoms with van der Waals surface area (Å²) in [6.07, 6.45) is 0. The Morgan fingerprint density at radius 2 is 1.67 bits per heavy atom. The van der Waals surface area contributed by atoms with E-state index in [1.165, 1.54) is 6.92 Å². The first-order chi connectivity index (χ1) is 11.7. The zero-order valence-electron chi connectivity index (χ0n) is 13.5. The number of fused-ring (bicyclic) bond motifs is 1. The Morgan fingerprint density at radius 1 is 1.00 bits per heavy atom. The highest BCUT2D eigenvalue weighted by atomic mass is 16.2. The van der Waals surface area contributed by atoms with E-state index < -0.39 is 6.04 Å². The van der Waals surface area contributed by atoms with Crippen LogP contribution in [-0.4, -0.2) is 10.8 Å². The van der Waals surface area contributed by atoms with Crippen LogP contribution in [0.5, 0.6) is 0 Å². The number of hydrogen-bond donors (Lipinski definition) is 0. The summed E-state index contributed by atoms with van der Waals surface area (Å²) in [6.45, 7) is 1.93. The van der Waals surface area contributed by atoms with Crippen molar-refractivity contribution in [2.24, 2.45) is 0 Å². The fraction of sp³-hybridized carbons (Fsp3) is 0.143. The maximum absolute atomic E-state index is 12.2. The van der Waals surface area contributed by atoms with Gasteiger partial charge in [-0.3, -0.25) is 4.79 Å². The molecule has 0 radical (unpaired) electrons. The zero-order valence-corrected chi connectivity index (χ0v) is 13.5. The zero-order chi connectivity index (χ0) is 16.9. The van der Waals surface area contributed by atoms with Crippen LogP contribution < -0.4 is 0 Å². The van der Waals surface area contributed by atoms with E-state index in [0.29, 0.717) is 6.54 Å². The molecule has 0 saturated carbocycles. The maximum atomic E-state index is 12.2. The van der Waals surface area contributed by atoms with Crippen LogP contribution >= 0.6 is 0 Å². The summed E-state index contributed by atoms with van der Waals surface area (Å²) < 4.78 is 0. The maximum Gasteiger partial charge on any atom is 0.221 e. The van der Waals surface area contributed by atoms with Gasteiger partial charge in [0.15, 0.2) is 0 Å². The minimum atomic E-state index is -0.604. The van der Waals surface area contributed by atoms with Crippen molar-refractivity contribution in [3.63, 3.8) is 0 Å². The van der Waals surface area contributed by atoms with E-state index in [1.54, 1.807) is 4.90 Å². The quantitative estimate of drug-likeness (QED) is 0.714. The van der Waals surface area contributed by atoms with Crippen LogP contribution in [0.2, 0.25) is 0 Å². The van der Waals surface area contributed by atoms with Crippen LogP contribution in [0.1, 0.15) is 24.1 Å². The number of benzene rings is 3. The predicted molar refractivity (Wildman–Crippen MR) is 95.0 cm³/mol. The molecule has 0 aliphatic rings. The monoisotopic (exact) mass is 314 g/mol. The van der Waals surface area contributed by atoms with E-state index in [4.69, 9.17) is 0 Å². The van der Waals surface area contributed by atoms with E-state index in [2.05, 4.69) is 6.07 Å². The predicted octanol–water partition coefficient (Wildman–Crippen LogP) is 4.45. The van der Waals surface area contributed by atoms with Crippen LogP contribution in [0.4, 0.5) is 0 Å². The van der Waals surface area contributed by atoms with Gasteiger partial charge >= 0.3 is 0 Å². The molecule has 0 fully saturated rings. The summed E-state index contributed by atoms with van der Waals surface area (Å²) in [5.41, 5.74) is 1.84. The Hall–Kier alpha value is -3.12. The Morgan fingerprint density at radius 3 is 2.33 bits per heavy atom. The Kier molecular flexibility index (Phi) is 4.58. The van der Waals surface area contributed by atoms with Gasteiger partial charge in [-0.05, 0) is 28.0 Å². The second-order valence-corrected chi connectivity index (χ2v) is 5.77. The summed E-state index contributed by atoms with van der Waals surface area (Å²) in [4.78, 5) is 13.8. The van der Waals surface area contributed by atoms with Gasteiger partial charge < -0.3 is 4.90 Å². The first-order valence-corrected chi connectivity index (χ1v) is 7.88. The van der Waals surface area contributed by atoms with E-state index in [1.807, 2.05) is 72.8 Å². The van der Waals surface area contributed by atoms with Gasteiger partial charge in [0, 0.05) is 13.5 Å². The highest BCUT2D eigenvalue weighted by Crippen LogP contribution is 2.26. The molecule has 0 aromatic heterocycles. The lowest BCUT2D eigenvalue weighted by molar-refractivity contribution is -0.130. The van der Waals surface area contributed by atoms with E-state index in [9.17, 15) is 10.1 Å². The molecule has 0 saturated heterocycles. The molecule has 0 spiro atoms. The molecule has 3 nitrogen and oxygen atoms in total. The molecule has 3 heteroatoms. The second-order valence-electron chi connectivity index (χ2n) is 5.77. The minimum absolute atomic E-state index is 0.112. The molecule has 3 rings (SSSR count). The number of nitriles is 1. The van der Waals surface area contributed by atoms with Crippen molar-refractivity contribution in [3.8, 4) is 6.07 Å². The van der Waals surface area contributed by atoms with Crippen LogP contribution in [-0.2, 0) is 11.3 Å². The number of hydrogen-bond acceptors (Lipinski definition) is 2.